The van der Waals surface area contributed by atoms with Crippen LogP contribution in [0.4, 0.5) is 5.69 Å². The predicted octanol–water partition coefficient (Wildman–Crippen LogP) is 1.96. The zero-order chi connectivity index (χ0) is 14.6. The van der Waals surface area contributed by atoms with E-state index in [9.17, 15) is 8.42 Å². The number of ether oxygens (including phenoxy) is 1. The third-order valence-corrected chi connectivity index (χ3v) is 5.20. The van der Waals surface area contributed by atoms with Gasteiger partial charge in [-0.3, -0.25) is 0 Å². The van der Waals surface area contributed by atoms with E-state index in [1.165, 1.54) is 7.05 Å². The number of rotatable bonds is 5. The Morgan fingerprint density at radius 3 is 2.50 bits per heavy atom. The highest BCUT2D eigenvalue weighted by Gasteiger charge is 2.21. The quantitative estimate of drug-likeness (QED) is 0.872. The molecule has 1 aliphatic rings. The first kappa shape index (κ1) is 15.3. The van der Waals surface area contributed by atoms with Crippen LogP contribution < -0.4 is 10.0 Å². The molecule has 6 heteroatoms. The fraction of sp³-hybridized carbons (Fsp3) is 0.571. The van der Waals surface area contributed by atoms with Gasteiger partial charge in [-0.2, -0.15) is 0 Å². The molecule has 5 nitrogen and oxygen atoms in total. The monoisotopic (exact) mass is 298 g/mol. The van der Waals surface area contributed by atoms with Gasteiger partial charge in [0, 0.05) is 18.8 Å². The van der Waals surface area contributed by atoms with Crippen LogP contribution >= 0.6 is 0 Å². The van der Waals surface area contributed by atoms with Gasteiger partial charge in [0.05, 0.1) is 11.0 Å². The number of hydrogen-bond donors (Lipinski definition) is 2. The molecule has 0 bridgehead atoms. The van der Waals surface area contributed by atoms with Crippen molar-refractivity contribution < 1.29 is 13.2 Å². The van der Waals surface area contributed by atoms with E-state index in [0.29, 0.717) is 12.1 Å². The third-order valence-electron chi connectivity index (χ3n) is 3.79. The molecule has 0 heterocycles. The molecular formula is C14H22N2O3S. The first-order valence-electron chi connectivity index (χ1n) is 6.88. The number of methoxy groups -OCH3 is 1. The van der Waals surface area contributed by atoms with E-state index in [4.69, 9.17) is 4.74 Å². The van der Waals surface area contributed by atoms with Crippen molar-refractivity contribution in [1.29, 1.82) is 0 Å². The maximum atomic E-state index is 11.8. The third kappa shape index (κ3) is 3.71. The smallest absolute Gasteiger partial charge is 0.240 e. The highest BCUT2D eigenvalue weighted by atomic mass is 32.2. The minimum Gasteiger partial charge on any atom is -0.382 e. The van der Waals surface area contributed by atoms with Crippen LogP contribution in [0, 0.1) is 0 Å². The summed E-state index contributed by atoms with van der Waals surface area (Å²) < 4.78 is 31.2. The molecule has 0 aliphatic heterocycles. The average molecular weight is 298 g/mol. The molecule has 0 unspecified atom stereocenters. The highest BCUT2D eigenvalue weighted by Crippen LogP contribution is 2.24. The van der Waals surface area contributed by atoms with Gasteiger partial charge < -0.3 is 10.1 Å². The Balaban J connectivity index is 2.02. The van der Waals surface area contributed by atoms with Crippen LogP contribution in [0.25, 0.3) is 0 Å². The molecule has 112 valence electrons. The molecule has 0 radical (unpaired) electrons. The molecule has 1 saturated carbocycles. The van der Waals surface area contributed by atoms with Crippen LogP contribution in [0.15, 0.2) is 29.2 Å². The zero-order valence-corrected chi connectivity index (χ0v) is 12.7. The lowest BCUT2D eigenvalue weighted by Crippen LogP contribution is -2.29. The van der Waals surface area contributed by atoms with Crippen LogP contribution in [0.5, 0.6) is 0 Å². The summed E-state index contributed by atoms with van der Waals surface area (Å²) in [6.07, 6.45) is 4.54. The maximum absolute atomic E-state index is 11.8. The lowest BCUT2D eigenvalue weighted by molar-refractivity contribution is 0.0682. The predicted molar refractivity (Wildman–Crippen MR) is 79.4 cm³/mol. The summed E-state index contributed by atoms with van der Waals surface area (Å²) in [5, 5.41) is 3.41. The SMILES string of the molecule is CNS(=O)(=O)c1cccc(NC2CCC(OC)CC2)c1. The van der Waals surface area contributed by atoms with Crippen molar-refractivity contribution in [2.45, 2.75) is 42.7 Å². The fourth-order valence-electron chi connectivity index (χ4n) is 2.55. The molecule has 0 aromatic heterocycles. The Morgan fingerprint density at radius 2 is 1.90 bits per heavy atom. The minimum absolute atomic E-state index is 0.288. The topological polar surface area (TPSA) is 67.4 Å². The molecule has 0 atom stereocenters. The molecule has 1 fully saturated rings. The van der Waals surface area contributed by atoms with Crippen molar-refractivity contribution in [2.75, 3.05) is 19.5 Å². The van der Waals surface area contributed by atoms with Gasteiger partial charge in [-0.1, -0.05) is 6.07 Å². The van der Waals surface area contributed by atoms with Gasteiger partial charge >= 0.3 is 0 Å². The standard InChI is InChI=1S/C14H22N2O3S/c1-15-20(17,18)14-5-3-4-12(10-14)16-11-6-8-13(19-2)9-7-11/h3-5,10-11,13,15-16H,6-9H2,1-2H3. The Morgan fingerprint density at radius 1 is 1.20 bits per heavy atom. The first-order valence-corrected chi connectivity index (χ1v) is 8.36. The Bertz CT molecular complexity index is 537. The molecule has 0 amide bonds. The van der Waals surface area contributed by atoms with Crippen molar-refractivity contribution in [1.82, 2.24) is 4.72 Å². The van der Waals surface area contributed by atoms with E-state index in [2.05, 4.69) is 10.0 Å². The maximum Gasteiger partial charge on any atom is 0.240 e. The minimum atomic E-state index is -3.38. The second kappa shape index (κ2) is 6.56. The van der Waals surface area contributed by atoms with E-state index in [1.807, 2.05) is 6.07 Å². The average Bonchev–Trinajstić information content (AvgIpc) is 2.48. The van der Waals surface area contributed by atoms with Gasteiger partial charge in [0.1, 0.15) is 0 Å². The number of hydrogen-bond acceptors (Lipinski definition) is 4. The van der Waals surface area contributed by atoms with Crippen molar-refractivity contribution in [3.05, 3.63) is 24.3 Å². The normalized spacial score (nSPS) is 23.5. The van der Waals surface area contributed by atoms with E-state index in [1.54, 1.807) is 25.3 Å². The second-order valence-corrected chi connectivity index (χ2v) is 6.98. The number of anilines is 1. The molecule has 1 aliphatic carbocycles. The van der Waals surface area contributed by atoms with Gasteiger partial charge in [0.25, 0.3) is 0 Å². The summed E-state index contributed by atoms with van der Waals surface area (Å²) in [4.78, 5) is 0.288. The van der Waals surface area contributed by atoms with Crippen LogP contribution in [0.2, 0.25) is 0 Å². The van der Waals surface area contributed by atoms with E-state index in [0.717, 1.165) is 31.4 Å². The van der Waals surface area contributed by atoms with Gasteiger partial charge in [-0.15, -0.1) is 0 Å². The molecule has 2 rings (SSSR count). The van der Waals surface area contributed by atoms with Gasteiger partial charge in [0.15, 0.2) is 0 Å². The summed E-state index contributed by atoms with van der Waals surface area (Å²) in [6.45, 7) is 0. The first-order chi connectivity index (χ1) is 9.55. The van der Waals surface area contributed by atoms with Crippen molar-refractivity contribution in [2.24, 2.45) is 0 Å². The highest BCUT2D eigenvalue weighted by molar-refractivity contribution is 7.89. The zero-order valence-electron chi connectivity index (χ0n) is 11.9. The summed E-state index contributed by atoms with van der Waals surface area (Å²) in [6, 6.07) is 7.31. The number of nitrogens with one attached hydrogen (secondary N) is 2. The molecule has 1 aromatic rings. The molecule has 2 N–H and O–H groups in total. The summed E-state index contributed by atoms with van der Waals surface area (Å²) in [7, 11) is -0.212. The second-order valence-electron chi connectivity index (χ2n) is 5.09. The molecule has 20 heavy (non-hydrogen) atoms. The molecule has 1 aromatic carbocycles. The van der Waals surface area contributed by atoms with Crippen LogP contribution in [-0.4, -0.2) is 34.7 Å². The van der Waals surface area contributed by atoms with E-state index in [-0.39, 0.29) is 4.90 Å². The lowest BCUT2D eigenvalue weighted by atomic mass is 9.93. The van der Waals surface area contributed by atoms with E-state index >= 15 is 0 Å². The summed E-state index contributed by atoms with van der Waals surface area (Å²) >= 11 is 0. The van der Waals surface area contributed by atoms with Crippen molar-refractivity contribution in [3.63, 3.8) is 0 Å². The van der Waals surface area contributed by atoms with Gasteiger partial charge in [0.2, 0.25) is 10.0 Å². The fourth-order valence-corrected chi connectivity index (χ4v) is 3.33. The van der Waals surface area contributed by atoms with Crippen LogP contribution in [0.3, 0.4) is 0 Å². The summed E-state index contributed by atoms with van der Waals surface area (Å²) in [5.74, 6) is 0. The van der Waals surface area contributed by atoms with Crippen LogP contribution in [-0.2, 0) is 14.8 Å². The van der Waals surface area contributed by atoms with Gasteiger partial charge in [-0.05, 0) is 50.9 Å². The molecular weight excluding hydrogens is 276 g/mol. The largest absolute Gasteiger partial charge is 0.382 e. The Kier molecular flexibility index (Phi) is 5.01. The Hall–Kier alpha value is -1.11. The molecule has 0 spiro atoms. The lowest BCUT2D eigenvalue weighted by Gasteiger charge is -2.29. The number of benzene rings is 1. The summed E-state index contributed by atoms with van der Waals surface area (Å²) in [5.41, 5.74) is 0.849. The van der Waals surface area contributed by atoms with Crippen molar-refractivity contribution >= 4 is 15.7 Å². The van der Waals surface area contributed by atoms with Crippen molar-refractivity contribution in [3.8, 4) is 0 Å². The number of sulfonamides is 1. The van der Waals surface area contributed by atoms with E-state index < -0.39 is 10.0 Å². The molecule has 0 saturated heterocycles. The van der Waals surface area contributed by atoms with Gasteiger partial charge in [-0.25, -0.2) is 13.1 Å². The Labute approximate surface area is 120 Å². The van der Waals surface area contributed by atoms with Crippen LogP contribution in [0.1, 0.15) is 25.7 Å².